The first-order valence-corrected chi connectivity index (χ1v) is 10.8. The summed E-state index contributed by atoms with van der Waals surface area (Å²) in [5.41, 5.74) is 3.36. The third-order valence-electron chi connectivity index (χ3n) is 6.56. The number of hydrogen-bond acceptors (Lipinski definition) is 5. The van der Waals surface area contributed by atoms with Crippen LogP contribution in [0, 0.1) is 5.95 Å². The van der Waals surface area contributed by atoms with Gasteiger partial charge in [-0.25, -0.2) is 9.99 Å². The molecule has 0 radical (unpaired) electrons. The van der Waals surface area contributed by atoms with E-state index in [1.54, 1.807) is 6.07 Å². The Morgan fingerprint density at radius 1 is 1.17 bits per heavy atom. The van der Waals surface area contributed by atoms with E-state index in [9.17, 15) is 4.39 Å². The highest BCUT2D eigenvalue weighted by Gasteiger charge is 2.36. The standard InChI is InChI=1S/C22H25ClFN5/c1-14-18-10-7-16(23)11-20(18)25-12-22-28(14)13-26-29(22)17-8-5-15(6-9-17)19-3-2-4-21(24)27-19/h2-4,11-15,17,25H,5-10H2,1H3/t14?,15-,17-. The summed E-state index contributed by atoms with van der Waals surface area (Å²) >= 11 is 6.27. The molecule has 1 saturated carbocycles. The number of nitrogens with one attached hydrogen (secondary N) is 1. The minimum atomic E-state index is -0.390. The zero-order chi connectivity index (χ0) is 20.0. The largest absolute Gasteiger partial charge is 0.358 e. The van der Waals surface area contributed by atoms with Gasteiger partial charge in [0, 0.05) is 28.5 Å². The lowest BCUT2D eigenvalue weighted by atomic mass is 9.83. The van der Waals surface area contributed by atoms with Gasteiger partial charge in [0.1, 0.15) is 12.2 Å². The van der Waals surface area contributed by atoms with Crippen LogP contribution in [0.1, 0.15) is 57.1 Å². The van der Waals surface area contributed by atoms with Crippen LogP contribution in [0.2, 0.25) is 0 Å². The summed E-state index contributed by atoms with van der Waals surface area (Å²) in [7, 11) is 0. The zero-order valence-corrected chi connectivity index (χ0v) is 17.2. The van der Waals surface area contributed by atoms with Gasteiger partial charge >= 0.3 is 0 Å². The average molecular weight is 414 g/mol. The highest BCUT2D eigenvalue weighted by molar-refractivity contribution is 6.29. The molecule has 1 unspecified atom stereocenters. The van der Waals surface area contributed by atoms with Crippen molar-refractivity contribution in [3.05, 3.63) is 64.2 Å². The van der Waals surface area contributed by atoms with Crippen molar-refractivity contribution in [3.8, 4) is 0 Å². The van der Waals surface area contributed by atoms with Crippen LogP contribution in [-0.2, 0) is 0 Å². The molecule has 0 aromatic carbocycles. The van der Waals surface area contributed by atoms with Gasteiger partial charge in [-0.05, 0) is 69.2 Å². The molecule has 29 heavy (non-hydrogen) atoms. The molecule has 7 heteroatoms. The minimum Gasteiger partial charge on any atom is -0.358 e. The molecule has 152 valence electrons. The summed E-state index contributed by atoms with van der Waals surface area (Å²) in [6, 6.07) is 5.69. The molecule has 4 aliphatic rings. The van der Waals surface area contributed by atoms with E-state index >= 15 is 0 Å². The number of hydrogen-bond donors (Lipinski definition) is 1. The molecule has 2 aliphatic carbocycles. The first-order valence-electron chi connectivity index (χ1n) is 10.4. The van der Waals surface area contributed by atoms with Crippen LogP contribution in [-0.4, -0.2) is 33.3 Å². The predicted molar refractivity (Wildman–Crippen MR) is 112 cm³/mol. The Morgan fingerprint density at radius 3 is 2.79 bits per heavy atom. The molecule has 5 nitrogen and oxygen atoms in total. The zero-order valence-electron chi connectivity index (χ0n) is 16.5. The van der Waals surface area contributed by atoms with E-state index in [-0.39, 0.29) is 6.04 Å². The molecule has 1 aromatic heterocycles. The van der Waals surface area contributed by atoms with Crippen molar-refractivity contribution in [1.82, 2.24) is 20.2 Å². The maximum atomic E-state index is 13.5. The van der Waals surface area contributed by atoms with Gasteiger partial charge in [0.25, 0.3) is 0 Å². The van der Waals surface area contributed by atoms with E-state index in [2.05, 4.69) is 39.4 Å². The molecule has 0 amide bonds. The van der Waals surface area contributed by atoms with E-state index in [0.717, 1.165) is 60.8 Å². The molecule has 1 fully saturated rings. The number of pyridine rings is 1. The van der Waals surface area contributed by atoms with E-state index in [1.165, 1.54) is 11.6 Å². The Morgan fingerprint density at radius 2 is 2.00 bits per heavy atom. The van der Waals surface area contributed by atoms with E-state index < -0.39 is 5.95 Å². The number of fused-ring (bicyclic) bond motifs is 1. The van der Waals surface area contributed by atoms with Gasteiger partial charge in [0.15, 0.2) is 0 Å². The van der Waals surface area contributed by atoms with Gasteiger partial charge in [0.2, 0.25) is 5.95 Å². The van der Waals surface area contributed by atoms with Gasteiger partial charge in [-0.15, -0.1) is 0 Å². The van der Waals surface area contributed by atoms with Crippen molar-refractivity contribution in [1.29, 1.82) is 0 Å². The third kappa shape index (κ3) is 3.44. The summed E-state index contributed by atoms with van der Waals surface area (Å²) in [4.78, 5) is 6.35. The Kier molecular flexibility index (Phi) is 4.82. The molecular formula is C22H25ClFN5. The highest BCUT2D eigenvalue weighted by atomic mass is 35.5. The number of allylic oxidation sites excluding steroid dienone is 2. The maximum absolute atomic E-state index is 13.5. The van der Waals surface area contributed by atoms with Gasteiger partial charge in [0.05, 0.1) is 12.1 Å². The third-order valence-corrected chi connectivity index (χ3v) is 6.85. The molecule has 0 bridgehead atoms. The Hall–Kier alpha value is -2.34. The molecular weight excluding hydrogens is 389 g/mol. The molecule has 5 rings (SSSR count). The van der Waals surface area contributed by atoms with Gasteiger partial charge in [-0.3, -0.25) is 0 Å². The molecule has 1 N–H and O–H groups in total. The quantitative estimate of drug-likeness (QED) is 0.709. The van der Waals surface area contributed by atoms with Gasteiger partial charge < -0.3 is 10.2 Å². The molecule has 0 spiro atoms. The molecule has 1 aromatic rings. The first kappa shape index (κ1) is 18.7. The summed E-state index contributed by atoms with van der Waals surface area (Å²) < 4.78 is 13.5. The van der Waals surface area contributed by atoms with Gasteiger partial charge in [-0.2, -0.15) is 9.49 Å². The van der Waals surface area contributed by atoms with Crippen LogP contribution < -0.4 is 5.32 Å². The summed E-state index contributed by atoms with van der Waals surface area (Å²) in [6.45, 7) is 2.23. The number of halogens is 2. The first-order chi connectivity index (χ1) is 14.1. The molecule has 3 heterocycles. The Labute approximate surface area is 175 Å². The maximum Gasteiger partial charge on any atom is 0.213 e. The fourth-order valence-corrected chi connectivity index (χ4v) is 5.13. The fourth-order valence-electron chi connectivity index (χ4n) is 4.92. The Balaban J connectivity index is 1.30. The monoisotopic (exact) mass is 413 g/mol. The highest BCUT2D eigenvalue weighted by Crippen LogP contribution is 2.39. The molecule has 2 aliphatic heterocycles. The minimum absolute atomic E-state index is 0.244. The van der Waals surface area contributed by atoms with Crippen LogP contribution in [0.3, 0.4) is 0 Å². The van der Waals surface area contributed by atoms with Crippen molar-refractivity contribution in [2.45, 2.75) is 63.5 Å². The van der Waals surface area contributed by atoms with Crippen LogP contribution in [0.15, 0.2) is 57.7 Å². The van der Waals surface area contributed by atoms with Crippen LogP contribution in [0.5, 0.6) is 0 Å². The molecule has 1 atom stereocenters. The van der Waals surface area contributed by atoms with E-state index in [1.807, 2.05) is 12.4 Å². The second kappa shape index (κ2) is 7.48. The second-order valence-corrected chi connectivity index (χ2v) is 8.71. The van der Waals surface area contributed by atoms with Crippen molar-refractivity contribution >= 4 is 17.9 Å². The van der Waals surface area contributed by atoms with E-state index in [0.29, 0.717) is 12.0 Å². The van der Waals surface area contributed by atoms with Crippen molar-refractivity contribution in [2.24, 2.45) is 5.10 Å². The number of nitrogens with zero attached hydrogens (tertiary/aromatic N) is 4. The number of aromatic nitrogens is 1. The lowest BCUT2D eigenvalue weighted by Gasteiger charge is -2.35. The second-order valence-electron chi connectivity index (χ2n) is 8.23. The van der Waals surface area contributed by atoms with Crippen molar-refractivity contribution in [3.63, 3.8) is 0 Å². The smallest absolute Gasteiger partial charge is 0.213 e. The van der Waals surface area contributed by atoms with Gasteiger partial charge in [-0.1, -0.05) is 17.7 Å². The normalized spacial score (nSPS) is 29.0. The fraction of sp³-hybridized carbons (Fsp3) is 0.455. The lowest BCUT2D eigenvalue weighted by molar-refractivity contribution is 0.176. The predicted octanol–water partition coefficient (Wildman–Crippen LogP) is 4.77. The van der Waals surface area contributed by atoms with Crippen LogP contribution in [0.4, 0.5) is 4.39 Å². The summed E-state index contributed by atoms with van der Waals surface area (Å²) in [5, 5.41) is 11.3. The topological polar surface area (TPSA) is 43.8 Å². The molecule has 0 saturated heterocycles. The summed E-state index contributed by atoms with van der Waals surface area (Å²) in [6.07, 6.45) is 11.9. The number of rotatable bonds is 2. The average Bonchev–Trinajstić information content (AvgIpc) is 3.10. The van der Waals surface area contributed by atoms with Crippen LogP contribution in [0.25, 0.3) is 0 Å². The van der Waals surface area contributed by atoms with E-state index in [4.69, 9.17) is 16.7 Å². The van der Waals surface area contributed by atoms with Crippen molar-refractivity contribution in [2.75, 3.05) is 0 Å². The van der Waals surface area contributed by atoms with Crippen molar-refractivity contribution < 1.29 is 4.39 Å². The van der Waals surface area contributed by atoms with Crippen LogP contribution >= 0.6 is 11.6 Å². The summed E-state index contributed by atoms with van der Waals surface area (Å²) in [5.74, 6) is 1.02. The lowest BCUT2D eigenvalue weighted by Crippen LogP contribution is -2.38. The number of hydrazone groups is 1. The SMILES string of the molecule is CC1C2=C(C=C(Cl)CC2)NC=C2N1C=NN2[C@H]1CC[C@H](c2cccc(F)n2)CC1. The Bertz CT molecular complexity index is 929.